The number of hydrogen-bond donors (Lipinski definition) is 1. The summed E-state index contributed by atoms with van der Waals surface area (Å²) in [5.41, 5.74) is 5.27. The van der Waals surface area contributed by atoms with E-state index >= 15 is 0 Å². The smallest absolute Gasteiger partial charge is 0.0325 e. The highest BCUT2D eigenvalue weighted by atomic mass is 15.0. The standard InChI is InChI=1S/C55H85N/c1-6-8-9-12-23-41(3)44(22-7-2)36-34-42(4)48-37-39-49(55(40-48)56-54-33-21-29-47-28-17-18-31-52(47)54)43(5)35-38-51(46-26-15-11-16-27-46)53-32-20-19-30-50(53)45-24-13-10-14-25-45/h10,12-13,17,19-21,23,28-29,32,37,39,41-47,50-52,54-56H,6-9,11,14-16,18,22,24-27,30-31,33-36,38,40H2,1-5H3/b23-12-/t41?,42?,43?,44?,45?,47?,50?,51?,52?,54-,55?/m1/s1. The quantitative estimate of drug-likeness (QED) is 0.0963. The van der Waals surface area contributed by atoms with Crippen molar-refractivity contribution in [3.63, 3.8) is 0 Å². The Hall–Kier alpha value is -2.12. The van der Waals surface area contributed by atoms with E-state index in [0.29, 0.717) is 35.8 Å². The minimum atomic E-state index is 0.467. The molecule has 310 valence electrons. The first kappa shape index (κ1) is 43.5. The van der Waals surface area contributed by atoms with Gasteiger partial charge in [-0.2, -0.15) is 0 Å². The van der Waals surface area contributed by atoms with Gasteiger partial charge in [-0.25, -0.2) is 0 Å². The highest BCUT2D eigenvalue weighted by Crippen LogP contribution is 2.47. The summed E-state index contributed by atoms with van der Waals surface area (Å²) >= 11 is 0. The molecular weight excluding hydrogens is 675 g/mol. The normalized spacial score (nSPS) is 31.0. The summed E-state index contributed by atoms with van der Waals surface area (Å²) in [4.78, 5) is 0. The Labute approximate surface area is 346 Å². The Balaban J connectivity index is 1.18. The van der Waals surface area contributed by atoms with E-state index in [9.17, 15) is 0 Å². The monoisotopic (exact) mass is 760 g/mol. The summed E-state index contributed by atoms with van der Waals surface area (Å²) in [6, 6.07) is 1.05. The molecule has 0 aromatic heterocycles. The number of rotatable bonds is 20. The highest BCUT2D eigenvalue weighted by molar-refractivity contribution is 5.33. The van der Waals surface area contributed by atoms with Gasteiger partial charge >= 0.3 is 0 Å². The van der Waals surface area contributed by atoms with Crippen LogP contribution in [0.4, 0.5) is 0 Å². The van der Waals surface area contributed by atoms with Crippen molar-refractivity contribution in [2.24, 2.45) is 59.2 Å². The van der Waals surface area contributed by atoms with Crippen LogP contribution in [0, 0.1) is 59.2 Å². The van der Waals surface area contributed by atoms with Crippen molar-refractivity contribution in [3.8, 4) is 0 Å². The van der Waals surface area contributed by atoms with E-state index in [0.717, 1.165) is 35.5 Å². The third-order valence-electron chi connectivity index (χ3n) is 16.0. The van der Waals surface area contributed by atoms with E-state index in [4.69, 9.17) is 0 Å². The van der Waals surface area contributed by atoms with Gasteiger partial charge in [-0.05, 0) is 155 Å². The lowest BCUT2D eigenvalue weighted by Crippen LogP contribution is -2.48. The first-order valence-electron chi connectivity index (χ1n) is 24.6. The van der Waals surface area contributed by atoms with E-state index in [1.807, 2.05) is 5.57 Å². The number of hydrogen-bond acceptors (Lipinski definition) is 1. The van der Waals surface area contributed by atoms with Gasteiger partial charge in [0.2, 0.25) is 0 Å². The first-order valence-corrected chi connectivity index (χ1v) is 24.6. The lowest BCUT2D eigenvalue weighted by Gasteiger charge is -2.42. The van der Waals surface area contributed by atoms with Gasteiger partial charge in [0.05, 0.1) is 0 Å². The molecule has 6 aliphatic carbocycles. The predicted molar refractivity (Wildman–Crippen MR) is 246 cm³/mol. The molecule has 1 heteroatoms. The summed E-state index contributed by atoms with van der Waals surface area (Å²) < 4.78 is 0. The number of nitrogens with one attached hydrogen (secondary N) is 1. The lowest BCUT2D eigenvalue weighted by atomic mass is 9.65. The van der Waals surface area contributed by atoms with Crippen LogP contribution in [0.5, 0.6) is 0 Å². The average molecular weight is 760 g/mol. The molecule has 6 rings (SSSR count). The molecule has 0 aromatic carbocycles. The molecule has 0 saturated heterocycles. The highest BCUT2D eigenvalue weighted by Gasteiger charge is 2.37. The molecule has 6 aliphatic rings. The molecule has 1 nitrogen and oxygen atoms in total. The Morgan fingerprint density at radius 3 is 2.34 bits per heavy atom. The number of allylic oxidation sites excluding steroid dienone is 13. The third kappa shape index (κ3) is 12.0. The maximum atomic E-state index is 4.44. The van der Waals surface area contributed by atoms with Crippen LogP contribution >= 0.6 is 0 Å². The Morgan fingerprint density at radius 2 is 1.54 bits per heavy atom. The Bertz CT molecular complexity index is 1420. The Morgan fingerprint density at radius 1 is 0.714 bits per heavy atom. The van der Waals surface area contributed by atoms with Crippen LogP contribution < -0.4 is 5.32 Å². The van der Waals surface area contributed by atoms with E-state index in [2.05, 4.69) is 119 Å². The minimum absolute atomic E-state index is 0.467. The minimum Gasteiger partial charge on any atom is -0.307 e. The van der Waals surface area contributed by atoms with E-state index in [-0.39, 0.29) is 0 Å². The zero-order valence-electron chi connectivity index (χ0n) is 37.0. The lowest BCUT2D eigenvalue weighted by molar-refractivity contribution is 0.220. The van der Waals surface area contributed by atoms with Crippen molar-refractivity contribution < 1.29 is 0 Å². The first-order chi connectivity index (χ1) is 27.5. The van der Waals surface area contributed by atoms with Crippen molar-refractivity contribution in [1.29, 1.82) is 0 Å². The van der Waals surface area contributed by atoms with Crippen LogP contribution in [0.25, 0.3) is 0 Å². The average Bonchev–Trinajstić information content (AvgIpc) is 3.24. The molecule has 0 amide bonds. The maximum Gasteiger partial charge on any atom is 0.0325 e. The molecule has 0 aromatic rings. The van der Waals surface area contributed by atoms with Crippen LogP contribution in [-0.2, 0) is 0 Å². The van der Waals surface area contributed by atoms with Crippen molar-refractivity contribution >= 4 is 0 Å². The zero-order chi connectivity index (χ0) is 39.1. The van der Waals surface area contributed by atoms with Crippen LogP contribution in [0.15, 0.2) is 95.7 Å². The second-order valence-electron chi connectivity index (χ2n) is 19.8. The van der Waals surface area contributed by atoms with E-state index in [1.165, 1.54) is 141 Å². The van der Waals surface area contributed by atoms with Crippen LogP contribution in [-0.4, -0.2) is 12.1 Å². The summed E-state index contributed by atoms with van der Waals surface area (Å²) in [7, 11) is 0. The molecule has 11 atom stereocenters. The van der Waals surface area contributed by atoms with Crippen LogP contribution in [0.1, 0.15) is 176 Å². The Kier molecular flexibility index (Phi) is 17.8. The molecule has 1 N–H and O–H groups in total. The van der Waals surface area contributed by atoms with Gasteiger partial charge < -0.3 is 5.32 Å². The van der Waals surface area contributed by atoms with E-state index < -0.39 is 0 Å². The van der Waals surface area contributed by atoms with Gasteiger partial charge in [0, 0.05) is 12.1 Å². The topological polar surface area (TPSA) is 12.0 Å². The van der Waals surface area contributed by atoms with Crippen molar-refractivity contribution in [1.82, 2.24) is 5.32 Å². The van der Waals surface area contributed by atoms with Crippen molar-refractivity contribution in [3.05, 3.63) is 95.7 Å². The number of fused-ring (bicyclic) bond motifs is 1. The van der Waals surface area contributed by atoms with E-state index in [1.54, 1.807) is 11.1 Å². The molecular formula is C55H85N. The van der Waals surface area contributed by atoms with Crippen LogP contribution in [0.2, 0.25) is 0 Å². The molecule has 0 bridgehead atoms. The van der Waals surface area contributed by atoms with Gasteiger partial charge in [0.15, 0.2) is 0 Å². The molecule has 0 heterocycles. The van der Waals surface area contributed by atoms with Gasteiger partial charge in [-0.3, -0.25) is 0 Å². The molecule has 56 heavy (non-hydrogen) atoms. The van der Waals surface area contributed by atoms with Crippen LogP contribution in [0.3, 0.4) is 0 Å². The fourth-order valence-corrected chi connectivity index (χ4v) is 12.3. The second kappa shape index (κ2) is 22.9. The number of unbranched alkanes of at least 4 members (excludes halogenated alkanes) is 2. The second-order valence-corrected chi connectivity index (χ2v) is 19.8. The third-order valence-corrected chi connectivity index (χ3v) is 16.0. The fourth-order valence-electron chi connectivity index (χ4n) is 12.3. The molecule has 10 unspecified atom stereocenters. The van der Waals surface area contributed by atoms with Gasteiger partial charge in [-0.15, -0.1) is 0 Å². The molecule has 0 aliphatic heterocycles. The van der Waals surface area contributed by atoms with Gasteiger partial charge in [0.25, 0.3) is 0 Å². The SMILES string of the molecule is CCCC/C=C\C(C)C(CCC)CCC(C)C1=CC=C(C(C)CCC(C2=CC=CCC2C2CC=CCC2)C2CCCCC2)C(N[C@@H]2CC=CC3C=CCCC32)C1. The van der Waals surface area contributed by atoms with Crippen molar-refractivity contribution in [2.45, 2.75) is 188 Å². The largest absolute Gasteiger partial charge is 0.307 e. The summed E-state index contributed by atoms with van der Waals surface area (Å²) in [6.45, 7) is 12.3. The fraction of sp³-hybridized carbons (Fsp3) is 0.709. The molecule has 0 radical (unpaired) electrons. The van der Waals surface area contributed by atoms with Crippen molar-refractivity contribution in [2.75, 3.05) is 0 Å². The molecule has 0 spiro atoms. The summed E-state index contributed by atoms with van der Waals surface area (Å²) in [6.07, 6.45) is 62.0. The molecule has 1 fully saturated rings. The predicted octanol–water partition coefficient (Wildman–Crippen LogP) is 15.8. The summed E-state index contributed by atoms with van der Waals surface area (Å²) in [5, 5.41) is 4.44. The maximum absolute atomic E-state index is 4.44. The van der Waals surface area contributed by atoms with Gasteiger partial charge in [-0.1, -0.05) is 175 Å². The summed E-state index contributed by atoms with van der Waals surface area (Å²) in [5.74, 6) is 7.34. The zero-order valence-corrected chi connectivity index (χ0v) is 37.0. The van der Waals surface area contributed by atoms with Gasteiger partial charge in [0.1, 0.15) is 0 Å². The molecule has 1 saturated carbocycles.